The maximum atomic E-state index is 13.1. The second-order valence-electron chi connectivity index (χ2n) is 6.83. The summed E-state index contributed by atoms with van der Waals surface area (Å²) in [4.78, 5) is 26.5. The summed E-state index contributed by atoms with van der Waals surface area (Å²) in [6.07, 6.45) is -0.283. The van der Waals surface area contributed by atoms with E-state index >= 15 is 0 Å². The molecular weight excluding hydrogens is 380 g/mol. The average molecular weight is 404 g/mol. The van der Waals surface area contributed by atoms with Crippen molar-refractivity contribution in [1.82, 2.24) is 4.31 Å². The van der Waals surface area contributed by atoms with Gasteiger partial charge in [0.15, 0.2) is 0 Å². The van der Waals surface area contributed by atoms with Crippen molar-refractivity contribution in [3.63, 3.8) is 0 Å². The van der Waals surface area contributed by atoms with Gasteiger partial charge < -0.3 is 4.74 Å². The molecule has 0 bridgehead atoms. The van der Waals surface area contributed by atoms with Crippen molar-refractivity contribution in [2.24, 2.45) is 0 Å². The Bertz CT molecular complexity index is 1040. The third-order valence-electron chi connectivity index (χ3n) is 4.72. The smallest absolute Gasteiger partial charge is 0.326 e. The molecule has 1 amide bonds. The highest BCUT2D eigenvalue weighted by Crippen LogP contribution is 2.40. The van der Waals surface area contributed by atoms with Gasteiger partial charge in [-0.05, 0) is 32.0 Å². The van der Waals surface area contributed by atoms with E-state index in [1.165, 1.54) is 15.3 Å². The molecule has 28 heavy (non-hydrogen) atoms. The lowest BCUT2D eigenvalue weighted by atomic mass is 10.1. The standard InChI is InChI=1S/C20H24N2O5S/c1-5-21(6-2)28(25,26)17-11-10-16-19-14(17)8-7-9-15(19)20(24)22(16)12-18(23)27-13(3)4/h7-11,13H,5-6,12H2,1-4H3. The van der Waals surface area contributed by atoms with Crippen LogP contribution in [0.2, 0.25) is 0 Å². The number of benzene rings is 2. The first kappa shape index (κ1) is 20.3. The van der Waals surface area contributed by atoms with Crippen LogP contribution in [0, 0.1) is 0 Å². The van der Waals surface area contributed by atoms with Crippen molar-refractivity contribution >= 4 is 38.4 Å². The van der Waals surface area contributed by atoms with Crippen molar-refractivity contribution in [2.45, 2.75) is 38.7 Å². The molecule has 0 saturated heterocycles. The SMILES string of the molecule is CCN(CC)S(=O)(=O)c1ccc2c3c(cccc13)C(=O)N2CC(=O)OC(C)C. The summed E-state index contributed by atoms with van der Waals surface area (Å²) in [7, 11) is -3.70. The number of ether oxygens (including phenoxy) is 1. The molecule has 7 nitrogen and oxygen atoms in total. The number of sulfonamides is 1. The minimum Gasteiger partial charge on any atom is -0.462 e. The monoisotopic (exact) mass is 404 g/mol. The Kier molecular flexibility index (Phi) is 5.45. The average Bonchev–Trinajstić information content (AvgIpc) is 2.89. The Labute approximate surface area is 164 Å². The predicted octanol–water partition coefficient (Wildman–Crippen LogP) is 2.78. The molecule has 1 heterocycles. The second-order valence-corrected chi connectivity index (χ2v) is 8.74. The van der Waals surface area contributed by atoms with Gasteiger partial charge >= 0.3 is 5.97 Å². The van der Waals surface area contributed by atoms with Gasteiger partial charge in [0.05, 0.1) is 16.7 Å². The molecule has 0 unspecified atom stereocenters. The molecule has 1 aliphatic heterocycles. The maximum Gasteiger partial charge on any atom is 0.326 e. The first-order chi connectivity index (χ1) is 13.2. The van der Waals surface area contributed by atoms with E-state index in [0.29, 0.717) is 35.1 Å². The molecule has 3 rings (SSSR count). The van der Waals surface area contributed by atoms with Gasteiger partial charge in [-0.2, -0.15) is 4.31 Å². The topological polar surface area (TPSA) is 84.0 Å². The minimum absolute atomic E-state index is 0.163. The van der Waals surface area contributed by atoms with Crippen molar-refractivity contribution in [2.75, 3.05) is 24.5 Å². The third kappa shape index (κ3) is 3.27. The first-order valence-corrected chi connectivity index (χ1v) is 10.7. The highest BCUT2D eigenvalue weighted by atomic mass is 32.2. The van der Waals surface area contributed by atoms with Crippen LogP contribution < -0.4 is 4.90 Å². The van der Waals surface area contributed by atoms with Crippen molar-refractivity contribution in [1.29, 1.82) is 0 Å². The number of nitrogens with zero attached hydrogens (tertiary/aromatic N) is 2. The summed E-state index contributed by atoms with van der Waals surface area (Å²) >= 11 is 0. The van der Waals surface area contributed by atoms with Gasteiger partial charge in [-0.25, -0.2) is 8.42 Å². The van der Waals surface area contributed by atoms with E-state index in [9.17, 15) is 18.0 Å². The van der Waals surface area contributed by atoms with Gasteiger partial charge in [-0.15, -0.1) is 0 Å². The summed E-state index contributed by atoms with van der Waals surface area (Å²) in [6.45, 7) is 7.54. The lowest BCUT2D eigenvalue weighted by Gasteiger charge is -2.21. The van der Waals surface area contributed by atoms with E-state index in [2.05, 4.69) is 0 Å². The molecule has 8 heteroatoms. The van der Waals surface area contributed by atoms with Crippen LogP contribution in [0.15, 0.2) is 35.2 Å². The quantitative estimate of drug-likeness (QED) is 0.663. The zero-order valence-corrected chi connectivity index (χ0v) is 17.2. The maximum absolute atomic E-state index is 13.1. The number of amides is 1. The molecule has 0 aromatic heterocycles. The molecular formula is C20H24N2O5S. The lowest BCUT2D eigenvalue weighted by molar-refractivity contribution is -0.145. The minimum atomic E-state index is -3.70. The van der Waals surface area contributed by atoms with Crippen LogP contribution in [0.4, 0.5) is 5.69 Å². The summed E-state index contributed by atoms with van der Waals surface area (Å²) in [5, 5.41) is 1.04. The fraction of sp³-hybridized carbons (Fsp3) is 0.400. The van der Waals surface area contributed by atoms with Crippen molar-refractivity contribution < 1.29 is 22.7 Å². The molecule has 2 aromatic rings. The Morgan fingerprint density at radius 2 is 1.82 bits per heavy atom. The zero-order chi connectivity index (χ0) is 20.6. The summed E-state index contributed by atoms with van der Waals surface area (Å²) in [5.74, 6) is -0.845. The summed E-state index contributed by atoms with van der Waals surface area (Å²) in [6, 6.07) is 8.11. The van der Waals surface area contributed by atoms with Crippen LogP contribution >= 0.6 is 0 Å². The fourth-order valence-electron chi connectivity index (χ4n) is 3.53. The van der Waals surface area contributed by atoms with E-state index in [-0.39, 0.29) is 23.5 Å². The van der Waals surface area contributed by atoms with Crippen LogP contribution in [0.1, 0.15) is 38.1 Å². The number of hydrogen-bond acceptors (Lipinski definition) is 5. The van der Waals surface area contributed by atoms with E-state index in [1.54, 1.807) is 52.0 Å². The molecule has 0 N–H and O–H groups in total. The van der Waals surface area contributed by atoms with Crippen LogP contribution in [0.3, 0.4) is 0 Å². The van der Waals surface area contributed by atoms with Gasteiger partial charge in [-0.3, -0.25) is 14.5 Å². The highest BCUT2D eigenvalue weighted by molar-refractivity contribution is 7.89. The number of carbonyl (C=O) groups is 2. The molecule has 0 saturated carbocycles. The second kappa shape index (κ2) is 7.52. The Morgan fingerprint density at radius 3 is 2.43 bits per heavy atom. The van der Waals surface area contributed by atoms with Crippen LogP contribution in [0.5, 0.6) is 0 Å². The van der Waals surface area contributed by atoms with Crippen LogP contribution in [-0.4, -0.2) is 50.3 Å². The zero-order valence-electron chi connectivity index (χ0n) is 16.4. The number of esters is 1. The number of hydrogen-bond donors (Lipinski definition) is 0. The molecule has 0 atom stereocenters. The largest absolute Gasteiger partial charge is 0.462 e. The van der Waals surface area contributed by atoms with E-state index < -0.39 is 16.0 Å². The van der Waals surface area contributed by atoms with Crippen molar-refractivity contribution in [3.05, 3.63) is 35.9 Å². The normalized spacial score (nSPS) is 13.8. The molecule has 1 aliphatic rings. The van der Waals surface area contributed by atoms with E-state index in [4.69, 9.17) is 4.74 Å². The molecule has 0 fully saturated rings. The number of anilines is 1. The van der Waals surface area contributed by atoms with Gasteiger partial charge in [0.25, 0.3) is 5.91 Å². The van der Waals surface area contributed by atoms with E-state index in [0.717, 1.165) is 0 Å². The van der Waals surface area contributed by atoms with Gasteiger partial charge in [-0.1, -0.05) is 26.0 Å². The van der Waals surface area contributed by atoms with Crippen molar-refractivity contribution in [3.8, 4) is 0 Å². The lowest BCUT2D eigenvalue weighted by Crippen LogP contribution is -2.34. The Morgan fingerprint density at radius 1 is 1.14 bits per heavy atom. The van der Waals surface area contributed by atoms with Gasteiger partial charge in [0.2, 0.25) is 10.0 Å². The molecule has 0 radical (unpaired) electrons. The molecule has 150 valence electrons. The number of rotatable bonds is 7. The van der Waals surface area contributed by atoms with Crippen LogP contribution in [0.25, 0.3) is 10.8 Å². The Hall–Kier alpha value is -2.45. The summed E-state index contributed by atoms with van der Waals surface area (Å²) in [5.41, 5.74) is 0.913. The van der Waals surface area contributed by atoms with E-state index in [1.807, 2.05) is 0 Å². The summed E-state index contributed by atoms with van der Waals surface area (Å²) < 4.78 is 32.7. The predicted molar refractivity (Wildman–Crippen MR) is 107 cm³/mol. The van der Waals surface area contributed by atoms with Gasteiger partial charge in [0, 0.05) is 29.4 Å². The molecule has 0 aliphatic carbocycles. The molecule has 2 aromatic carbocycles. The van der Waals surface area contributed by atoms with Gasteiger partial charge in [0.1, 0.15) is 6.54 Å². The van der Waals surface area contributed by atoms with Crippen LogP contribution in [-0.2, 0) is 19.6 Å². The fourth-order valence-corrected chi connectivity index (χ4v) is 5.18. The molecule has 0 spiro atoms. The number of carbonyl (C=O) groups excluding carboxylic acids is 2. The first-order valence-electron chi connectivity index (χ1n) is 9.29. The third-order valence-corrected chi connectivity index (χ3v) is 6.83. The Balaban J connectivity index is 2.13. The highest BCUT2D eigenvalue weighted by Gasteiger charge is 2.34.